The zero-order chi connectivity index (χ0) is 34.6. The molecule has 0 radical (unpaired) electrons. The number of hydrogen-bond acceptors (Lipinski definition) is 0. The first-order chi connectivity index (χ1) is 25.6. The van der Waals surface area contributed by atoms with Crippen LogP contribution in [0.15, 0.2) is 176 Å². The highest BCUT2D eigenvalue weighted by atomic mass is 15.0. The Morgan fingerprint density at radius 1 is 0.404 bits per heavy atom. The first-order valence-electron chi connectivity index (χ1n) is 18.3. The molecule has 52 heavy (non-hydrogen) atoms. The van der Waals surface area contributed by atoms with E-state index >= 15 is 0 Å². The number of nitrogens with zero attached hydrogens (tertiary/aromatic N) is 1. The summed E-state index contributed by atoms with van der Waals surface area (Å²) in [6.45, 7) is 4.71. The van der Waals surface area contributed by atoms with Gasteiger partial charge >= 0.3 is 0 Å². The summed E-state index contributed by atoms with van der Waals surface area (Å²) in [4.78, 5) is 0. The lowest BCUT2D eigenvalue weighted by Gasteiger charge is -2.22. The summed E-state index contributed by atoms with van der Waals surface area (Å²) in [5, 5.41) is 9.05. The van der Waals surface area contributed by atoms with E-state index < -0.39 is 0 Å². The molecule has 1 aliphatic rings. The highest BCUT2D eigenvalue weighted by molar-refractivity contribution is 6.30. The normalized spacial score (nSPS) is 13.3. The Labute approximate surface area is 303 Å². The zero-order valence-corrected chi connectivity index (χ0v) is 29.2. The molecule has 0 unspecified atom stereocenters. The number of benzene rings is 9. The second kappa shape index (κ2) is 10.8. The topological polar surface area (TPSA) is 4.93 Å². The average Bonchev–Trinajstić information content (AvgIpc) is 3.66. The van der Waals surface area contributed by atoms with Crippen molar-refractivity contribution in [3.8, 4) is 50.3 Å². The summed E-state index contributed by atoms with van der Waals surface area (Å²) >= 11 is 0. The second-order valence-electron chi connectivity index (χ2n) is 14.9. The molecule has 0 fully saturated rings. The maximum atomic E-state index is 2.53. The molecular formula is C51H35N. The van der Waals surface area contributed by atoms with Crippen LogP contribution in [0.3, 0.4) is 0 Å². The third kappa shape index (κ3) is 4.05. The van der Waals surface area contributed by atoms with Crippen molar-refractivity contribution in [3.05, 3.63) is 187 Å². The predicted octanol–water partition coefficient (Wildman–Crippen LogP) is 13.8. The summed E-state index contributed by atoms with van der Waals surface area (Å²) in [6.07, 6.45) is 0. The maximum Gasteiger partial charge on any atom is 0.0620 e. The van der Waals surface area contributed by atoms with Gasteiger partial charge in [0.05, 0.1) is 11.2 Å². The first kappa shape index (κ1) is 29.3. The van der Waals surface area contributed by atoms with E-state index in [-0.39, 0.29) is 5.41 Å². The molecule has 0 amide bonds. The lowest BCUT2D eigenvalue weighted by Crippen LogP contribution is -2.14. The van der Waals surface area contributed by atoms with Gasteiger partial charge in [-0.15, -0.1) is 0 Å². The minimum atomic E-state index is -0.0356. The van der Waals surface area contributed by atoms with Crippen LogP contribution in [0.25, 0.3) is 93.5 Å². The van der Waals surface area contributed by atoms with Crippen LogP contribution < -0.4 is 0 Å². The molecule has 0 spiro atoms. The Bertz CT molecular complexity index is 2980. The molecule has 0 saturated heterocycles. The molecule has 1 aromatic heterocycles. The van der Waals surface area contributed by atoms with Gasteiger partial charge in [-0.25, -0.2) is 0 Å². The highest BCUT2D eigenvalue weighted by Crippen LogP contribution is 2.50. The maximum absolute atomic E-state index is 2.53. The van der Waals surface area contributed by atoms with Crippen molar-refractivity contribution in [3.63, 3.8) is 0 Å². The van der Waals surface area contributed by atoms with Crippen molar-refractivity contribution < 1.29 is 0 Å². The molecule has 0 saturated carbocycles. The molecule has 0 atom stereocenters. The average molecular weight is 662 g/mol. The fourth-order valence-electron chi connectivity index (χ4n) is 9.29. The molecule has 10 aromatic rings. The van der Waals surface area contributed by atoms with Crippen molar-refractivity contribution in [1.82, 2.24) is 4.57 Å². The fraction of sp³-hybridized carbons (Fsp3) is 0.0588. The van der Waals surface area contributed by atoms with Crippen LogP contribution in [-0.4, -0.2) is 4.57 Å². The lowest BCUT2D eigenvalue weighted by molar-refractivity contribution is 0.660. The Morgan fingerprint density at radius 3 is 1.81 bits per heavy atom. The van der Waals surface area contributed by atoms with E-state index in [1.54, 1.807) is 0 Å². The van der Waals surface area contributed by atoms with Gasteiger partial charge in [0.1, 0.15) is 0 Å². The van der Waals surface area contributed by atoms with Gasteiger partial charge in [-0.1, -0.05) is 166 Å². The van der Waals surface area contributed by atoms with Crippen LogP contribution in [-0.2, 0) is 5.41 Å². The van der Waals surface area contributed by atoms with Gasteiger partial charge in [-0.2, -0.15) is 0 Å². The molecule has 1 aliphatic carbocycles. The van der Waals surface area contributed by atoms with E-state index in [2.05, 4.69) is 194 Å². The summed E-state index contributed by atoms with van der Waals surface area (Å²) < 4.78 is 2.53. The van der Waals surface area contributed by atoms with Crippen LogP contribution in [0.4, 0.5) is 0 Å². The van der Waals surface area contributed by atoms with Crippen LogP contribution in [0.1, 0.15) is 25.0 Å². The molecule has 244 valence electrons. The van der Waals surface area contributed by atoms with E-state index in [0.29, 0.717) is 0 Å². The number of fused-ring (bicyclic) bond motifs is 5. The van der Waals surface area contributed by atoms with Gasteiger partial charge in [0, 0.05) is 27.4 Å². The van der Waals surface area contributed by atoms with Gasteiger partial charge in [0.15, 0.2) is 0 Å². The third-order valence-corrected chi connectivity index (χ3v) is 11.7. The van der Waals surface area contributed by atoms with Crippen LogP contribution >= 0.6 is 0 Å². The van der Waals surface area contributed by atoms with E-state index in [1.165, 1.54) is 99.0 Å². The van der Waals surface area contributed by atoms with E-state index in [1.807, 2.05) is 0 Å². The largest absolute Gasteiger partial charge is 0.308 e. The van der Waals surface area contributed by atoms with E-state index in [0.717, 1.165) is 5.69 Å². The minimum absolute atomic E-state index is 0.0356. The first-order valence-corrected chi connectivity index (χ1v) is 18.3. The Balaban J connectivity index is 1.19. The molecular weight excluding hydrogens is 627 g/mol. The minimum Gasteiger partial charge on any atom is -0.308 e. The Hall–Kier alpha value is -6.44. The Kier molecular flexibility index (Phi) is 6.08. The Morgan fingerprint density at radius 2 is 1.04 bits per heavy atom. The summed E-state index contributed by atoms with van der Waals surface area (Å²) in [7, 11) is 0. The summed E-state index contributed by atoms with van der Waals surface area (Å²) in [6, 6.07) is 65.4. The zero-order valence-electron chi connectivity index (χ0n) is 29.2. The standard InChI is InChI=1S/C51H35N/c1-51(2)44-19-10-9-18-40(44)41-28-25-37(31-45(41)51)32-22-26-39(27-23-32)52-49(36-14-7-4-8-15-36)48(33-12-5-3-6-13-33)43-30-38-21-20-34-16-11-17-35-24-29-42(50(43)52)47(38)46(34)35/h3-31H,1-2H3. The molecule has 1 heteroatoms. The third-order valence-electron chi connectivity index (χ3n) is 11.7. The number of hydrogen-bond donors (Lipinski definition) is 0. The van der Waals surface area contributed by atoms with Crippen molar-refractivity contribution >= 4 is 43.2 Å². The van der Waals surface area contributed by atoms with Crippen LogP contribution in [0.2, 0.25) is 0 Å². The molecule has 11 rings (SSSR count). The SMILES string of the molecule is CC1(C)c2ccccc2-c2ccc(-c3ccc(-n4c(-c5ccccc5)c(-c5ccccc5)c5cc6ccc7cccc8ccc(c6c78)c54)cc3)cc21. The predicted molar refractivity (Wildman–Crippen MR) is 221 cm³/mol. The van der Waals surface area contributed by atoms with Crippen molar-refractivity contribution in [2.75, 3.05) is 0 Å². The molecule has 0 N–H and O–H groups in total. The number of rotatable bonds is 4. The van der Waals surface area contributed by atoms with Gasteiger partial charge < -0.3 is 4.57 Å². The summed E-state index contributed by atoms with van der Waals surface area (Å²) in [5.74, 6) is 0. The summed E-state index contributed by atoms with van der Waals surface area (Å²) in [5.41, 5.74) is 15.2. The molecule has 0 aliphatic heterocycles. The number of aromatic nitrogens is 1. The quantitative estimate of drug-likeness (QED) is 0.165. The van der Waals surface area contributed by atoms with Gasteiger partial charge in [0.25, 0.3) is 0 Å². The molecule has 0 bridgehead atoms. The van der Waals surface area contributed by atoms with Crippen LogP contribution in [0.5, 0.6) is 0 Å². The van der Waals surface area contributed by atoms with E-state index in [4.69, 9.17) is 0 Å². The van der Waals surface area contributed by atoms with Crippen molar-refractivity contribution in [2.24, 2.45) is 0 Å². The second-order valence-corrected chi connectivity index (χ2v) is 14.9. The van der Waals surface area contributed by atoms with Gasteiger partial charge in [0.2, 0.25) is 0 Å². The van der Waals surface area contributed by atoms with Crippen molar-refractivity contribution in [1.29, 1.82) is 0 Å². The van der Waals surface area contributed by atoms with Crippen molar-refractivity contribution in [2.45, 2.75) is 19.3 Å². The smallest absolute Gasteiger partial charge is 0.0620 e. The van der Waals surface area contributed by atoms with E-state index in [9.17, 15) is 0 Å². The highest BCUT2D eigenvalue weighted by Gasteiger charge is 2.35. The molecule has 1 nitrogen and oxygen atoms in total. The van der Waals surface area contributed by atoms with Crippen LogP contribution in [0, 0.1) is 0 Å². The lowest BCUT2D eigenvalue weighted by atomic mass is 9.81. The van der Waals surface area contributed by atoms with Gasteiger partial charge in [-0.05, 0) is 95.7 Å². The monoisotopic (exact) mass is 661 g/mol. The molecule has 9 aromatic carbocycles. The fourth-order valence-corrected chi connectivity index (χ4v) is 9.29. The van der Waals surface area contributed by atoms with Gasteiger partial charge in [-0.3, -0.25) is 0 Å². The molecule has 1 heterocycles.